The van der Waals surface area contributed by atoms with E-state index in [1.165, 1.54) is 22.6 Å². The lowest BCUT2D eigenvalue weighted by atomic mass is 9.96. The summed E-state index contributed by atoms with van der Waals surface area (Å²) in [6.07, 6.45) is 1.84. The van der Waals surface area contributed by atoms with Gasteiger partial charge in [-0.15, -0.1) is 0 Å². The van der Waals surface area contributed by atoms with Crippen molar-refractivity contribution < 1.29 is 0 Å². The normalized spacial score (nSPS) is 17.5. The molecule has 0 bridgehead atoms. The molecule has 5 rings (SSSR count). The summed E-state index contributed by atoms with van der Waals surface area (Å²) in [5, 5.41) is 4.27. The summed E-state index contributed by atoms with van der Waals surface area (Å²) in [4.78, 5) is 9.03. The Balaban J connectivity index is 1.64. The second-order valence-corrected chi connectivity index (χ2v) is 10.3. The van der Waals surface area contributed by atoms with Crippen LogP contribution in [-0.4, -0.2) is 28.8 Å². The summed E-state index contributed by atoms with van der Waals surface area (Å²) in [6.45, 7) is 4.36. The van der Waals surface area contributed by atoms with Crippen LogP contribution in [0.15, 0.2) is 83.5 Å². The summed E-state index contributed by atoms with van der Waals surface area (Å²) in [5.74, 6) is 0. The minimum Gasteiger partial charge on any atom is -0.378 e. The first-order valence-electron chi connectivity index (χ1n) is 11.6. The van der Waals surface area contributed by atoms with Gasteiger partial charge in [-0.05, 0) is 98.4 Å². The molecule has 0 unspecified atom stereocenters. The Bertz CT molecular complexity index is 1350. The van der Waals surface area contributed by atoms with Gasteiger partial charge in [-0.3, -0.25) is 4.98 Å². The van der Waals surface area contributed by atoms with Crippen molar-refractivity contribution in [1.82, 2.24) is 14.9 Å². The molecule has 0 amide bonds. The van der Waals surface area contributed by atoms with E-state index in [1.807, 2.05) is 18.3 Å². The Kier molecular flexibility index (Phi) is 6.38. The molecule has 4 aromatic rings. The lowest BCUT2D eigenvalue weighted by molar-refractivity contribution is 0.565. The largest absolute Gasteiger partial charge is 0.378 e. The van der Waals surface area contributed by atoms with Crippen LogP contribution in [0, 0.1) is 13.8 Å². The van der Waals surface area contributed by atoms with Crippen molar-refractivity contribution in [2.75, 3.05) is 23.9 Å². The van der Waals surface area contributed by atoms with E-state index in [2.05, 4.69) is 129 Å². The summed E-state index contributed by atoms with van der Waals surface area (Å²) < 4.78 is 3.36. The van der Waals surface area contributed by atoms with E-state index in [-0.39, 0.29) is 12.1 Å². The third-order valence-corrected chi connectivity index (χ3v) is 7.46. The van der Waals surface area contributed by atoms with Crippen LogP contribution in [0.1, 0.15) is 34.7 Å². The molecule has 0 spiro atoms. The Morgan fingerprint density at radius 3 is 2.26 bits per heavy atom. The number of halogens is 1. The molecule has 1 saturated heterocycles. The predicted octanol–water partition coefficient (Wildman–Crippen LogP) is 6.49. The summed E-state index contributed by atoms with van der Waals surface area (Å²) >= 11 is 9.45. The molecule has 7 heteroatoms. The Hall–Kier alpha value is -3.16. The number of aryl methyl sites for hydroxylation is 1. The molecule has 3 heterocycles. The Labute approximate surface area is 220 Å². The highest BCUT2D eigenvalue weighted by Crippen LogP contribution is 2.44. The predicted molar refractivity (Wildman–Crippen MR) is 152 cm³/mol. The van der Waals surface area contributed by atoms with Crippen molar-refractivity contribution in [2.45, 2.75) is 25.9 Å². The van der Waals surface area contributed by atoms with Crippen LogP contribution in [-0.2, 0) is 0 Å². The zero-order chi connectivity index (χ0) is 24.7. The fourth-order valence-electron chi connectivity index (χ4n) is 4.93. The standard InChI is InChI=1S/C28H28BrN5S/c1-18-17-24(19(2)33(18)22-14-12-21(13-15-22)32(3)4)27-26(25-7-5-6-16-30-25)31-28(35)34(27)23-10-8-20(29)9-11-23/h5-17,26-27H,1-4H3,(H,31,35)/t26-,27+/m1/s1. The second kappa shape index (κ2) is 9.47. The number of pyridine rings is 1. The molecule has 0 aliphatic carbocycles. The summed E-state index contributed by atoms with van der Waals surface area (Å²) in [7, 11) is 4.12. The SMILES string of the molecule is Cc1cc([C@H]2[C@@H](c3ccccn3)NC(=S)N2c2ccc(Br)cc2)c(C)n1-c1ccc(N(C)C)cc1. The van der Waals surface area contributed by atoms with Gasteiger partial charge in [-0.1, -0.05) is 22.0 Å². The van der Waals surface area contributed by atoms with E-state index >= 15 is 0 Å². The van der Waals surface area contributed by atoms with Crippen LogP contribution in [0.4, 0.5) is 11.4 Å². The minimum atomic E-state index is -0.0718. The summed E-state index contributed by atoms with van der Waals surface area (Å²) in [5.41, 5.74) is 7.95. The number of nitrogens with one attached hydrogen (secondary N) is 1. The van der Waals surface area contributed by atoms with Crippen molar-refractivity contribution in [3.8, 4) is 5.69 Å². The average molecular weight is 547 g/mol. The number of nitrogens with zero attached hydrogens (tertiary/aromatic N) is 4. The van der Waals surface area contributed by atoms with E-state index < -0.39 is 0 Å². The first-order chi connectivity index (χ1) is 16.8. The Morgan fingerprint density at radius 1 is 0.943 bits per heavy atom. The molecular weight excluding hydrogens is 518 g/mol. The molecule has 2 atom stereocenters. The number of hydrogen-bond donors (Lipinski definition) is 1. The van der Waals surface area contributed by atoms with Crippen LogP contribution < -0.4 is 15.1 Å². The van der Waals surface area contributed by atoms with Crippen molar-refractivity contribution in [1.29, 1.82) is 0 Å². The topological polar surface area (TPSA) is 36.3 Å². The monoisotopic (exact) mass is 545 g/mol. The van der Waals surface area contributed by atoms with Gasteiger partial charge in [0.1, 0.15) is 0 Å². The van der Waals surface area contributed by atoms with Crippen LogP contribution in [0.25, 0.3) is 5.69 Å². The van der Waals surface area contributed by atoms with E-state index in [0.29, 0.717) is 5.11 Å². The van der Waals surface area contributed by atoms with Gasteiger partial charge < -0.3 is 19.7 Å². The molecule has 1 fully saturated rings. The van der Waals surface area contributed by atoms with Gasteiger partial charge in [0.15, 0.2) is 5.11 Å². The van der Waals surface area contributed by atoms with Gasteiger partial charge in [0.05, 0.1) is 17.8 Å². The van der Waals surface area contributed by atoms with Gasteiger partial charge in [-0.25, -0.2) is 0 Å². The molecule has 1 aliphatic rings. The van der Waals surface area contributed by atoms with Crippen LogP contribution >= 0.6 is 28.1 Å². The van der Waals surface area contributed by atoms with Crippen molar-refractivity contribution in [3.05, 3.63) is 106 Å². The first-order valence-corrected chi connectivity index (χ1v) is 12.8. The lowest BCUT2D eigenvalue weighted by Gasteiger charge is -2.28. The molecule has 2 aromatic carbocycles. The maximum absolute atomic E-state index is 5.89. The van der Waals surface area contributed by atoms with E-state index in [9.17, 15) is 0 Å². The quantitative estimate of drug-likeness (QED) is 0.290. The maximum Gasteiger partial charge on any atom is 0.174 e. The Morgan fingerprint density at radius 2 is 1.63 bits per heavy atom. The summed E-state index contributed by atoms with van der Waals surface area (Å²) in [6, 6.07) is 25.2. The van der Waals surface area contributed by atoms with Crippen molar-refractivity contribution >= 4 is 44.6 Å². The third-order valence-electron chi connectivity index (χ3n) is 6.62. The molecular formula is C28H28BrN5S. The maximum atomic E-state index is 5.89. The molecule has 178 valence electrons. The smallest absolute Gasteiger partial charge is 0.174 e. The number of thiocarbonyl (C=S) groups is 1. The first kappa shape index (κ1) is 23.6. The lowest BCUT2D eigenvalue weighted by Crippen LogP contribution is -2.29. The third kappa shape index (κ3) is 4.34. The molecule has 2 aromatic heterocycles. The second-order valence-electron chi connectivity index (χ2n) is 9.05. The van der Waals surface area contributed by atoms with Crippen LogP contribution in [0.2, 0.25) is 0 Å². The fraction of sp³-hybridized carbons (Fsp3) is 0.214. The van der Waals surface area contributed by atoms with Gasteiger partial charge >= 0.3 is 0 Å². The number of aromatic nitrogens is 2. The highest BCUT2D eigenvalue weighted by Gasteiger charge is 2.42. The van der Waals surface area contributed by atoms with Crippen molar-refractivity contribution in [3.63, 3.8) is 0 Å². The molecule has 35 heavy (non-hydrogen) atoms. The highest BCUT2D eigenvalue weighted by molar-refractivity contribution is 9.10. The average Bonchev–Trinajstić information content (AvgIpc) is 3.35. The number of hydrogen-bond acceptors (Lipinski definition) is 3. The van der Waals surface area contributed by atoms with Gasteiger partial charge in [0, 0.05) is 53.2 Å². The van der Waals surface area contributed by atoms with Gasteiger partial charge in [0.2, 0.25) is 0 Å². The van der Waals surface area contributed by atoms with Crippen LogP contribution in [0.5, 0.6) is 0 Å². The molecule has 1 aliphatic heterocycles. The van der Waals surface area contributed by atoms with E-state index in [0.717, 1.165) is 21.5 Å². The van der Waals surface area contributed by atoms with Crippen LogP contribution in [0.3, 0.4) is 0 Å². The molecule has 1 N–H and O–H groups in total. The van der Waals surface area contributed by atoms with Crippen molar-refractivity contribution in [2.24, 2.45) is 0 Å². The number of benzene rings is 2. The van der Waals surface area contributed by atoms with E-state index in [1.54, 1.807) is 0 Å². The zero-order valence-corrected chi connectivity index (χ0v) is 22.6. The minimum absolute atomic E-state index is 0.0421. The van der Waals surface area contributed by atoms with E-state index in [4.69, 9.17) is 12.2 Å². The molecule has 0 radical (unpaired) electrons. The van der Waals surface area contributed by atoms with Gasteiger partial charge in [0.25, 0.3) is 0 Å². The zero-order valence-electron chi connectivity index (χ0n) is 20.2. The molecule has 0 saturated carbocycles. The number of rotatable bonds is 5. The number of anilines is 2. The molecule has 5 nitrogen and oxygen atoms in total. The van der Waals surface area contributed by atoms with Gasteiger partial charge in [-0.2, -0.15) is 0 Å². The highest BCUT2D eigenvalue weighted by atomic mass is 79.9. The fourth-order valence-corrected chi connectivity index (χ4v) is 5.55.